The Hall–Kier alpha value is -1.71. The second kappa shape index (κ2) is 8.80. The molecule has 0 saturated carbocycles. The zero-order chi connectivity index (χ0) is 16.7. The van der Waals surface area contributed by atoms with Crippen LogP contribution >= 0.6 is 23.2 Å². The highest BCUT2D eigenvalue weighted by Gasteiger charge is 2.05. The summed E-state index contributed by atoms with van der Waals surface area (Å²) in [5.41, 5.74) is 2.01. The third-order valence-electron chi connectivity index (χ3n) is 3.32. The fourth-order valence-electron chi connectivity index (χ4n) is 2.15. The molecule has 0 bridgehead atoms. The van der Waals surface area contributed by atoms with Crippen molar-refractivity contribution in [1.29, 1.82) is 0 Å². The normalized spacial score (nSPS) is 10.4. The molecule has 0 saturated heterocycles. The quantitative estimate of drug-likeness (QED) is 0.788. The molecular weight excluding hydrogens is 333 g/mol. The molecule has 0 atom stereocenters. The highest BCUT2D eigenvalue weighted by molar-refractivity contribution is 6.42. The number of ether oxygens (including phenoxy) is 1. The van der Waals surface area contributed by atoms with E-state index in [-0.39, 0.29) is 5.91 Å². The van der Waals surface area contributed by atoms with Gasteiger partial charge in [-0.25, -0.2) is 0 Å². The first-order chi connectivity index (χ1) is 11.1. The molecule has 0 aliphatic carbocycles. The van der Waals surface area contributed by atoms with Gasteiger partial charge < -0.3 is 10.1 Å². The summed E-state index contributed by atoms with van der Waals surface area (Å²) < 4.78 is 5.44. The number of amides is 1. The first-order valence-electron chi connectivity index (χ1n) is 7.51. The van der Waals surface area contributed by atoms with Crippen LogP contribution in [-0.2, 0) is 17.8 Å². The molecule has 3 nitrogen and oxygen atoms in total. The summed E-state index contributed by atoms with van der Waals surface area (Å²) in [5.74, 6) is 0.813. The summed E-state index contributed by atoms with van der Waals surface area (Å²) in [6.45, 7) is 3.05. The lowest BCUT2D eigenvalue weighted by molar-refractivity contribution is -0.121. The maximum atomic E-state index is 12.0. The molecule has 1 amide bonds. The smallest absolute Gasteiger partial charge is 0.220 e. The second-order valence-corrected chi connectivity index (χ2v) is 5.92. The predicted octanol–water partition coefficient (Wildman–Crippen LogP) is 4.64. The molecule has 0 fully saturated rings. The van der Waals surface area contributed by atoms with Crippen molar-refractivity contribution < 1.29 is 9.53 Å². The third kappa shape index (κ3) is 5.77. The standard InChI is InChI=1S/C18H19Cl2NO2/c1-2-23-15-5-3-4-14(10-15)12-21-18(22)9-7-13-6-8-16(19)17(20)11-13/h3-6,8,10-11H,2,7,9,12H2,1H3,(H,21,22). The van der Waals surface area contributed by atoms with Crippen molar-refractivity contribution in [3.63, 3.8) is 0 Å². The first kappa shape index (κ1) is 17.6. The van der Waals surface area contributed by atoms with Gasteiger partial charge in [-0.15, -0.1) is 0 Å². The van der Waals surface area contributed by atoms with E-state index < -0.39 is 0 Å². The highest BCUT2D eigenvalue weighted by Crippen LogP contribution is 2.23. The minimum atomic E-state index is -0.00196. The zero-order valence-electron chi connectivity index (χ0n) is 12.9. The molecule has 5 heteroatoms. The Morgan fingerprint density at radius 3 is 2.65 bits per heavy atom. The summed E-state index contributed by atoms with van der Waals surface area (Å²) in [4.78, 5) is 12.0. The summed E-state index contributed by atoms with van der Waals surface area (Å²) in [6.07, 6.45) is 1.03. The average molecular weight is 352 g/mol. The van der Waals surface area contributed by atoms with Gasteiger partial charge in [0.25, 0.3) is 0 Å². The van der Waals surface area contributed by atoms with E-state index in [0.717, 1.165) is 16.9 Å². The fraction of sp³-hybridized carbons (Fsp3) is 0.278. The molecule has 0 unspecified atom stereocenters. The van der Waals surface area contributed by atoms with Crippen LogP contribution in [0, 0.1) is 0 Å². The molecule has 1 N–H and O–H groups in total. The summed E-state index contributed by atoms with van der Waals surface area (Å²) in [7, 11) is 0. The Balaban J connectivity index is 1.80. The number of halogens is 2. The lowest BCUT2D eigenvalue weighted by Gasteiger charge is -2.08. The Labute approximate surface area is 146 Å². The molecule has 0 heterocycles. The molecule has 2 rings (SSSR count). The van der Waals surface area contributed by atoms with E-state index in [1.165, 1.54) is 0 Å². The number of carbonyl (C=O) groups is 1. The molecule has 2 aromatic rings. The van der Waals surface area contributed by atoms with Crippen molar-refractivity contribution in [1.82, 2.24) is 5.32 Å². The number of carbonyl (C=O) groups excluding carboxylic acids is 1. The monoisotopic (exact) mass is 351 g/mol. The van der Waals surface area contributed by atoms with Crippen molar-refractivity contribution in [3.05, 3.63) is 63.6 Å². The van der Waals surface area contributed by atoms with E-state index in [9.17, 15) is 4.79 Å². The summed E-state index contributed by atoms with van der Waals surface area (Å²) in [5, 5.41) is 3.94. The summed E-state index contributed by atoms with van der Waals surface area (Å²) in [6, 6.07) is 13.1. The topological polar surface area (TPSA) is 38.3 Å². The van der Waals surface area contributed by atoms with Crippen molar-refractivity contribution in [3.8, 4) is 5.75 Å². The van der Waals surface area contributed by atoms with Crippen molar-refractivity contribution in [2.45, 2.75) is 26.3 Å². The van der Waals surface area contributed by atoms with Crippen LogP contribution in [0.15, 0.2) is 42.5 Å². The third-order valence-corrected chi connectivity index (χ3v) is 4.06. The zero-order valence-corrected chi connectivity index (χ0v) is 14.5. The lowest BCUT2D eigenvalue weighted by Crippen LogP contribution is -2.23. The molecule has 0 aliphatic heterocycles. The maximum Gasteiger partial charge on any atom is 0.220 e. The van der Waals surface area contributed by atoms with Gasteiger partial charge in [-0.2, -0.15) is 0 Å². The number of hydrogen-bond donors (Lipinski definition) is 1. The SMILES string of the molecule is CCOc1cccc(CNC(=O)CCc2ccc(Cl)c(Cl)c2)c1. The number of hydrogen-bond acceptors (Lipinski definition) is 2. The molecule has 0 spiro atoms. The molecular formula is C18H19Cl2NO2. The van der Waals surface area contributed by atoms with Gasteiger partial charge in [0.15, 0.2) is 0 Å². The van der Waals surface area contributed by atoms with E-state index >= 15 is 0 Å². The Bertz CT molecular complexity index is 674. The van der Waals surface area contributed by atoms with E-state index in [2.05, 4.69) is 5.32 Å². The van der Waals surface area contributed by atoms with Crippen LogP contribution < -0.4 is 10.1 Å². The number of rotatable bonds is 7. The van der Waals surface area contributed by atoms with Gasteiger partial charge in [0, 0.05) is 13.0 Å². The van der Waals surface area contributed by atoms with Crippen LogP contribution in [0.25, 0.3) is 0 Å². The van der Waals surface area contributed by atoms with E-state index in [0.29, 0.717) is 36.0 Å². The predicted molar refractivity (Wildman–Crippen MR) is 94.2 cm³/mol. The molecule has 0 radical (unpaired) electrons. The van der Waals surface area contributed by atoms with Gasteiger partial charge >= 0.3 is 0 Å². The van der Waals surface area contributed by atoms with E-state index in [4.69, 9.17) is 27.9 Å². The average Bonchev–Trinajstić information content (AvgIpc) is 2.55. The van der Waals surface area contributed by atoms with Crippen molar-refractivity contribution >= 4 is 29.1 Å². The number of nitrogens with one attached hydrogen (secondary N) is 1. The van der Waals surface area contributed by atoms with Crippen LogP contribution in [-0.4, -0.2) is 12.5 Å². The largest absolute Gasteiger partial charge is 0.494 e. The minimum absolute atomic E-state index is 0.00196. The maximum absolute atomic E-state index is 12.0. The second-order valence-electron chi connectivity index (χ2n) is 5.11. The van der Waals surface area contributed by atoms with Crippen LogP contribution in [0.2, 0.25) is 10.0 Å². The Morgan fingerprint density at radius 1 is 1.09 bits per heavy atom. The molecule has 0 aromatic heterocycles. The van der Waals surface area contributed by atoms with Gasteiger partial charge in [-0.05, 0) is 48.7 Å². The molecule has 2 aromatic carbocycles. The summed E-state index contributed by atoms with van der Waals surface area (Å²) >= 11 is 11.8. The van der Waals surface area contributed by atoms with Crippen LogP contribution in [0.3, 0.4) is 0 Å². The van der Waals surface area contributed by atoms with Gasteiger partial charge in [0.2, 0.25) is 5.91 Å². The van der Waals surface area contributed by atoms with Crippen molar-refractivity contribution in [2.24, 2.45) is 0 Å². The lowest BCUT2D eigenvalue weighted by atomic mass is 10.1. The number of benzene rings is 2. The highest BCUT2D eigenvalue weighted by atomic mass is 35.5. The fourth-order valence-corrected chi connectivity index (χ4v) is 2.47. The van der Waals surface area contributed by atoms with Crippen LogP contribution in [0.5, 0.6) is 5.75 Å². The Morgan fingerprint density at radius 2 is 1.91 bits per heavy atom. The van der Waals surface area contributed by atoms with Gasteiger partial charge in [0.1, 0.15) is 5.75 Å². The van der Waals surface area contributed by atoms with Gasteiger partial charge in [-0.3, -0.25) is 4.79 Å². The number of aryl methyl sites for hydroxylation is 1. The van der Waals surface area contributed by atoms with Gasteiger partial charge in [0.05, 0.1) is 16.7 Å². The van der Waals surface area contributed by atoms with E-state index in [1.807, 2.05) is 37.3 Å². The molecule has 0 aliphatic rings. The molecule has 122 valence electrons. The van der Waals surface area contributed by atoms with Crippen LogP contribution in [0.4, 0.5) is 0 Å². The van der Waals surface area contributed by atoms with Crippen molar-refractivity contribution in [2.75, 3.05) is 6.61 Å². The Kier molecular flexibility index (Phi) is 6.75. The first-order valence-corrected chi connectivity index (χ1v) is 8.26. The van der Waals surface area contributed by atoms with Gasteiger partial charge in [-0.1, -0.05) is 41.4 Å². The minimum Gasteiger partial charge on any atom is -0.494 e. The van der Waals surface area contributed by atoms with E-state index in [1.54, 1.807) is 12.1 Å². The van der Waals surface area contributed by atoms with Crippen LogP contribution in [0.1, 0.15) is 24.5 Å². The molecule has 23 heavy (non-hydrogen) atoms.